The van der Waals surface area contributed by atoms with Crippen molar-refractivity contribution >= 4 is 5.97 Å². The van der Waals surface area contributed by atoms with Crippen LogP contribution in [0.4, 0.5) is 35.1 Å². The lowest BCUT2D eigenvalue weighted by atomic mass is 10.1. The summed E-state index contributed by atoms with van der Waals surface area (Å²) in [4.78, 5) is 10.2. The van der Waals surface area contributed by atoms with Crippen LogP contribution in [0.2, 0.25) is 0 Å². The second-order valence-corrected chi connectivity index (χ2v) is 2.78. The molecule has 0 aromatic rings. The summed E-state index contributed by atoms with van der Waals surface area (Å²) in [6.07, 6.45) is -12.7. The minimum absolute atomic E-state index is 1.95. The Morgan fingerprint density at radius 3 is 1.59 bits per heavy atom. The van der Waals surface area contributed by atoms with E-state index in [0.717, 1.165) is 0 Å². The van der Waals surface area contributed by atoms with Gasteiger partial charge in [0.25, 0.3) is 0 Å². The maximum absolute atomic E-state index is 12.8. The van der Waals surface area contributed by atoms with Crippen LogP contribution in [0, 0.1) is 0 Å². The van der Waals surface area contributed by atoms with Gasteiger partial charge in [-0.25, -0.2) is 9.18 Å². The van der Waals surface area contributed by atoms with Crippen molar-refractivity contribution in [2.24, 2.45) is 0 Å². The molecule has 0 rings (SSSR count). The topological polar surface area (TPSA) is 26.3 Å². The Labute approximate surface area is 88.8 Å². The molecule has 0 amide bonds. The molecule has 0 atom stereocenters. The molecule has 0 aliphatic carbocycles. The van der Waals surface area contributed by atoms with Gasteiger partial charge in [-0.05, 0) is 0 Å². The van der Waals surface area contributed by atoms with Crippen molar-refractivity contribution in [3.05, 3.63) is 12.4 Å². The van der Waals surface area contributed by atoms with Crippen molar-refractivity contribution in [1.29, 1.82) is 0 Å². The maximum atomic E-state index is 12.8. The molecule has 0 heterocycles. The number of alkyl halides is 7. The average Bonchev–Trinajstić information content (AvgIpc) is 2.09. The summed E-state index contributed by atoms with van der Waals surface area (Å²) >= 11 is 0. The third-order valence-corrected chi connectivity index (χ3v) is 1.52. The van der Waals surface area contributed by atoms with E-state index in [4.69, 9.17) is 0 Å². The zero-order chi connectivity index (χ0) is 14.1. The number of hydrogen-bond donors (Lipinski definition) is 0. The molecule has 0 saturated heterocycles. The number of hydrogen-bond acceptors (Lipinski definition) is 2. The monoisotopic (exact) mass is 272 g/mol. The van der Waals surface area contributed by atoms with E-state index in [1.807, 2.05) is 0 Å². The number of esters is 1. The highest BCUT2D eigenvalue weighted by molar-refractivity contribution is 5.85. The Kier molecular flexibility index (Phi) is 4.14. The molecule has 0 aliphatic rings. The van der Waals surface area contributed by atoms with E-state index in [2.05, 4.69) is 11.3 Å². The molecule has 0 unspecified atom stereocenters. The van der Waals surface area contributed by atoms with Gasteiger partial charge in [0, 0.05) is 0 Å². The van der Waals surface area contributed by atoms with Gasteiger partial charge in [-0.1, -0.05) is 6.58 Å². The highest BCUT2D eigenvalue weighted by Crippen LogP contribution is 2.46. The number of carbonyl (C=O) groups excluding carboxylic acids is 1. The smallest absolute Gasteiger partial charge is 0.435 e. The first-order chi connectivity index (χ1) is 7.33. The second kappa shape index (κ2) is 4.49. The van der Waals surface area contributed by atoms with Gasteiger partial charge in [0.2, 0.25) is 5.83 Å². The van der Waals surface area contributed by atoms with Crippen molar-refractivity contribution in [3.63, 3.8) is 0 Å². The molecule has 0 bridgehead atoms. The molecule has 0 aliphatic heterocycles. The van der Waals surface area contributed by atoms with E-state index in [9.17, 15) is 39.9 Å². The summed E-state index contributed by atoms with van der Waals surface area (Å²) in [5.41, 5.74) is -5.76. The molecule has 2 nitrogen and oxygen atoms in total. The first kappa shape index (κ1) is 15.6. The zero-order valence-corrected chi connectivity index (χ0v) is 7.75. The van der Waals surface area contributed by atoms with Gasteiger partial charge in [0.05, 0.1) is 0 Å². The van der Waals surface area contributed by atoms with Gasteiger partial charge in [0.1, 0.15) is 6.61 Å². The molecule has 100 valence electrons. The SMILES string of the molecule is C=C(F)C(=O)OCC(F)(C(F)(F)F)C(F)(F)F. The lowest BCUT2D eigenvalue weighted by molar-refractivity contribution is -0.349. The zero-order valence-electron chi connectivity index (χ0n) is 7.75. The average molecular weight is 272 g/mol. The van der Waals surface area contributed by atoms with Crippen LogP contribution < -0.4 is 0 Å². The summed E-state index contributed by atoms with van der Waals surface area (Å²) in [5, 5.41) is 0. The fourth-order valence-electron chi connectivity index (χ4n) is 0.568. The number of carbonyl (C=O) groups is 1. The molecule has 17 heavy (non-hydrogen) atoms. The van der Waals surface area contributed by atoms with Gasteiger partial charge in [-0.15, -0.1) is 0 Å². The fourth-order valence-corrected chi connectivity index (χ4v) is 0.568. The van der Waals surface area contributed by atoms with Crippen LogP contribution in [0.15, 0.2) is 12.4 Å². The van der Waals surface area contributed by atoms with Gasteiger partial charge >= 0.3 is 24.0 Å². The van der Waals surface area contributed by atoms with Gasteiger partial charge in [-0.3, -0.25) is 0 Å². The molecule has 0 spiro atoms. The first-order valence-electron chi connectivity index (χ1n) is 3.67. The Bertz CT molecular complexity index is 301. The highest BCUT2D eigenvalue weighted by atomic mass is 19.4. The standard InChI is InChI=1S/C7H4F8O2/c1-3(8)4(16)17-2-5(9,6(10,11)12)7(13,14)15/h1-2H2. The number of halogens is 8. The third kappa shape index (κ3) is 3.30. The number of rotatable bonds is 3. The molecule has 10 heteroatoms. The van der Waals surface area contributed by atoms with Crippen LogP contribution in [-0.2, 0) is 9.53 Å². The molecular formula is C7H4F8O2. The normalized spacial score (nSPS) is 13.4. The summed E-state index contributed by atoms with van der Waals surface area (Å²) in [6.45, 7) is -0.480. The van der Waals surface area contributed by atoms with Crippen molar-refractivity contribution in [1.82, 2.24) is 0 Å². The third-order valence-electron chi connectivity index (χ3n) is 1.52. The van der Waals surface area contributed by atoms with Crippen molar-refractivity contribution < 1.29 is 44.7 Å². The number of ether oxygens (including phenoxy) is 1. The van der Waals surface area contributed by atoms with Crippen LogP contribution in [0.1, 0.15) is 0 Å². The van der Waals surface area contributed by atoms with E-state index in [1.54, 1.807) is 0 Å². The Hall–Kier alpha value is -1.35. The minimum Gasteiger partial charge on any atom is -0.456 e. The lowest BCUT2D eigenvalue weighted by Gasteiger charge is -2.29. The van der Waals surface area contributed by atoms with E-state index in [1.165, 1.54) is 0 Å². The van der Waals surface area contributed by atoms with Gasteiger partial charge < -0.3 is 4.74 Å². The van der Waals surface area contributed by atoms with Crippen molar-refractivity contribution in [2.75, 3.05) is 6.61 Å². The predicted molar refractivity (Wildman–Crippen MR) is 37.2 cm³/mol. The first-order valence-corrected chi connectivity index (χ1v) is 3.67. The minimum atomic E-state index is -6.36. The van der Waals surface area contributed by atoms with Crippen LogP contribution >= 0.6 is 0 Å². The van der Waals surface area contributed by atoms with E-state index in [0.29, 0.717) is 0 Å². The molecule has 0 aromatic carbocycles. The second-order valence-electron chi connectivity index (χ2n) is 2.78. The fraction of sp³-hybridized carbons (Fsp3) is 0.571. The quantitative estimate of drug-likeness (QED) is 0.448. The largest absolute Gasteiger partial charge is 0.456 e. The Balaban J connectivity index is 5.01. The molecule has 0 saturated carbocycles. The van der Waals surface area contributed by atoms with Crippen molar-refractivity contribution in [3.8, 4) is 0 Å². The molecule has 0 radical (unpaired) electrons. The Morgan fingerprint density at radius 2 is 1.35 bits per heavy atom. The van der Waals surface area contributed by atoms with E-state index < -0.39 is 36.4 Å². The molecule has 0 fully saturated rings. The van der Waals surface area contributed by atoms with Crippen LogP contribution in [0.5, 0.6) is 0 Å². The van der Waals surface area contributed by atoms with E-state index >= 15 is 0 Å². The predicted octanol–water partition coefficient (Wildman–Crippen LogP) is 2.85. The lowest BCUT2D eigenvalue weighted by Crippen LogP contribution is -2.56. The summed E-state index contributed by atoms with van der Waals surface area (Å²) in [6, 6.07) is 0. The highest BCUT2D eigenvalue weighted by Gasteiger charge is 2.73. The molecule has 0 N–H and O–H groups in total. The van der Waals surface area contributed by atoms with Crippen LogP contribution in [0.25, 0.3) is 0 Å². The van der Waals surface area contributed by atoms with Crippen molar-refractivity contribution in [2.45, 2.75) is 18.0 Å². The van der Waals surface area contributed by atoms with Crippen LogP contribution in [0.3, 0.4) is 0 Å². The summed E-state index contributed by atoms with van der Waals surface area (Å²) in [7, 11) is 0. The molecule has 0 aromatic heterocycles. The van der Waals surface area contributed by atoms with Crippen LogP contribution in [-0.4, -0.2) is 30.6 Å². The van der Waals surface area contributed by atoms with E-state index in [-0.39, 0.29) is 0 Å². The summed E-state index contributed by atoms with van der Waals surface area (Å²) in [5.74, 6) is -4.16. The van der Waals surface area contributed by atoms with Gasteiger partial charge in [-0.2, -0.15) is 30.7 Å². The van der Waals surface area contributed by atoms with Gasteiger partial charge in [0.15, 0.2) is 0 Å². The summed E-state index contributed by atoms with van der Waals surface area (Å²) < 4.78 is 98.9. The molecular weight excluding hydrogens is 268 g/mol. The Morgan fingerprint density at radius 1 is 1.00 bits per heavy atom. The maximum Gasteiger partial charge on any atom is 0.435 e.